The van der Waals surface area contributed by atoms with E-state index in [-0.39, 0.29) is 5.91 Å². The molecule has 68 valence electrons. The average molecular weight is 177 g/mol. The number of imidazole rings is 1. The van der Waals surface area contributed by atoms with Crippen molar-refractivity contribution >= 4 is 5.91 Å². The van der Waals surface area contributed by atoms with E-state index in [1.54, 1.807) is 19.4 Å². The second kappa shape index (κ2) is 4.99. The molecule has 0 aliphatic heterocycles. The summed E-state index contributed by atoms with van der Waals surface area (Å²) < 4.78 is 0. The number of aromatic nitrogens is 2. The van der Waals surface area contributed by atoms with Crippen LogP contribution in [0.15, 0.2) is 12.5 Å². The molecule has 0 aliphatic carbocycles. The van der Waals surface area contributed by atoms with Gasteiger partial charge in [-0.2, -0.15) is 0 Å². The largest absolute Gasteiger partial charge is 0.348 e. The first-order chi connectivity index (χ1) is 6.33. The molecule has 2 N–H and O–H groups in total. The van der Waals surface area contributed by atoms with Crippen LogP contribution in [0.3, 0.4) is 0 Å². The predicted octanol–water partition coefficient (Wildman–Crippen LogP) is 0.0917. The van der Waals surface area contributed by atoms with E-state index < -0.39 is 0 Å². The summed E-state index contributed by atoms with van der Waals surface area (Å²) in [6, 6.07) is 0. The normalized spacial score (nSPS) is 8.69. The molecular weight excluding hydrogens is 166 g/mol. The zero-order valence-corrected chi connectivity index (χ0v) is 7.42. The Bertz CT molecular complexity index is 318. The molecule has 0 radical (unpaired) electrons. The lowest BCUT2D eigenvalue weighted by molar-refractivity contribution is -0.115. The average Bonchev–Trinajstić information content (AvgIpc) is 2.57. The van der Waals surface area contributed by atoms with Gasteiger partial charge in [0.2, 0.25) is 0 Å². The number of carbonyl (C=O) groups excluding carboxylic acids is 1. The lowest BCUT2D eigenvalue weighted by Crippen LogP contribution is -2.23. The zero-order valence-electron chi connectivity index (χ0n) is 7.42. The molecule has 0 aliphatic rings. The van der Waals surface area contributed by atoms with Crippen molar-refractivity contribution in [3.05, 3.63) is 18.2 Å². The van der Waals surface area contributed by atoms with Gasteiger partial charge in [-0.1, -0.05) is 5.92 Å². The molecule has 0 spiro atoms. The van der Waals surface area contributed by atoms with Crippen molar-refractivity contribution in [3.8, 4) is 11.8 Å². The standard InChI is InChI=1S/C9H11N3O/c1-2-3-9(13)11-5-4-8-6-10-7-12-8/h6-7H,4-5H2,1H3,(H,10,12)(H,11,13). The highest BCUT2D eigenvalue weighted by molar-refractivity contribution is 5.93. The van der Waals surface area contributed by atoms with Gasteiger partial charge >= 0.3 is 0 Å². The van der Waals surface area contributed by atoms with E-state index in [1.807, 2.05) is 0 Å². The number of H-pyrrole nitrogens is 1. The molecular formula is C9H11N3O. The maximum absolute atomic E-state index is 10.9. The summed E-state index contributed by atoms with van der Waals surface area (Å²) >= 11 is 0. The van der Waals surface area contributed by atoms with Crippen LogP contribution in [0, 0.1) is 11.8 Å². The molecule has 0 aromatic carbocycles. The van der Waals surface area contributed by atoms with Crippen LogP contribution in [0.2, 0.25) is 0 Å². The van der Waals surface area contributed by atoms with Crippen molar-refractivity contribution in [1.82, 2.24) is 15.3 Å². The highest BCUT2D eigenvalue weighted by atomic mass is 16.1. The molecule has 0 atom stereocenters. The van der Waals surface area contributed by atoms with Crippen molar-refractivity contribution in [2.75, 3.05) is 6.54 Å². The van der Waals surface area contributed by atoms with Gasteiger partial charge in [0.15, 0.2) is 0 Å². The molecule has 0 saturated heterocycles. The molecule has 0 saturated carbocycles. The third-order valence-electron chi connectivity index (χ3n) is 1.47. The van der Waals surface area contributed by atoms with Crippen LogP contribution in [0.4, 0.5) is 0 Å². The topological polar surface area (TPSA) is 57.8 Å². The van der Waals surface area contributed by atoms with E-state index >= 15 is 0 Å². The van der Waals surface area contributed by atoms with Crippen LogP contribution < -0.4 is 5.32 Å². The Hall–Kier alpha value is -1.76. The molecule has 1 aromatic heterocycles. The fourth-order valence-corrected chi connectivity index (χ4v) is 0.890. The van der Waals surface area contributed by atoms with Crippen molar-refractivity contribution in [2.45, 2.75) is 13.3 Å². The highest BCUT2D eigenvalue weighted by Gasteiger charge is 1.95. The van der Waals surface area contributed by atoms with Crippen molar-refractivity contribution < 1.29 is 4.79 Å². The SMILES string of the molecule is CC#CC(=O)NCCc1cnc[nH]1. The van der Waals surface area contributed by atoms with Crippen LogP contribution in [-0.2, 0) is 11.2 Å². The van der Waals surface area contributed by atoms with Crippen LogP contribution >= 0.6 is 0 Å². The number of aromatic amines is 1. The van der Waals surface area contributed by atoms with Gasteiger partial charge in [-0.05, 0) is 12.8 Å². The third-order valence-corrected chi connectivity index (χ3v) is 1.47. The van der Waals surface area contributed by atoms with Crippen LogP contribution in [0.5, 0.6) is 0 Å². The van der Waals surface area contributed by atoms with E-state index in [1.165, 1.54) is 0 Å². The molecule has 4 heteroatoms. The number of rotatable bonds is 3. The quantitative estimate of drug-likeness (QED) is 0.643. The maximum Gasteiger partial charge on any atom is 0.295 e. The predicted molar refractivity (Wildman–Crippen MR) is 48.8 cm³/mol. The highest BCUT2D eigenvalue weighted by Crippen LogP contribution is 1.89. The Balaban J connectivity index is 2.20. The molecule has 13 heavy (non-hydrogen) atoms. The molecule has 4 nitrogen and oxygen atoms in total. The van der Waals surface area contributed by atoms with Crippen molar-refractivity contribution in [1.29, 1.82) is 0 Å². The van der Waals surface area contributed by atoms with Gasteiger partial charge < -0.3 is 10.3 Å². The summed E-state index contributed by atoms with van der Waals surface area (Å²) in [7, 11) is 0. The van der Waals surface area contributed by atoms with Gasteiger partial charge in [-0.15, -0.1) is 0 Å². The summed E-state index contributed by atoms with van der Waals surface area (Å²) in [6.45, 7) is 2.21. The van der Waals surface area contributed by atoms with E-state index in [4.69, 9.17) is 0 Å². The molecule has 0 bridgehead atoms. The van der Waals surface area contributed by atoms with Gasteiger partial charge in [-0.25, -0.2) is 4.98 Å². The van der Waals surface area contributed by atoms with Gasteiger partial charge in [0.25, 0.3) is 5.91 Å². The molecule has 0 unspecified atom stereocenters. The second-order valence-electron chi connectivity index (χ2n) is 2.46. The molecule has 1 aromatic rings. The molecule has 1 rings (SSSR count). The first-order valence-corrected chi connectivity index (χ1v) is 4.00. The lowest BCUT2D eigenvalue weighted by Gasteiger charge is -1.97. The Kier molecular flexibility index (Phi) is 3.58. The molecule has 1 heterocycles. The summed E-state index contributed by atoms with van der Waals surface area (Å²) in [6.07, 6.45) is 4.10. The van der Waals surface area contributed by atoms with Crippen molar-refractivity contribution in [2.24, 2.45) is 0 Å². The van der Waals surface area contributed by atoms with Gasteiger partial charge in [0.05, 0.1) is 6.33 Å². The third kappa shape index (κ3) is 3.43. The number of carbonyl (C=O) groups is 1. The Morgan fingerprint density at radius 1 is 1.77 bits per heavy atom. The Morgan fingerprint density at radius 3 is 3.23 bits per heavy atom. The first kappa shape index (κ1) is 9.33. The number of hydrogen-bond donors (Lipinski definition) is 2. The summed E-state index contributed by atoms with van der Waals surface area (Å²) in [5, 5.41) is 2.66. The number of hydrogen-bond acceptors (Lipinski definition) is 2. The fraction of sp³-hybridized carbons (Fsp3) is 0.333. The van der Waals surface area contributed by atoms with Crippen LogP contribution in [-0.4, -0.2) is 22.4 Å². The number of amides is 1. The smallest absolute Gasteiger partial charge is 0.295 e. The van der Waals surface area contributed by atoms with Crippen molar-refractivity contribution in [3.63, 3.8) is 0 Å². The van der Waals surface area contributed by atoms with E-state index in [0.717, 1.165) is 12.1 Å². The summed E-state index contributed by atoms with van der Waals surface area (Å²) in [5.41, 5.74) is 1.00. The lowest BCUT2D eigenvalue weighted by atomic mass is 10.3. The first-order valence-electron chi connectivity index (χ1n) is 4.00. The maximum atomic E-state index is 10.9. The second-order valence-corrected chi connectivity index (χ2v) is 2.46. The van der Waals surface area contributed by atoms with Crippen LogP contribution in [0.25, 0.3) is 0 Å². The van der Waals surface area contributed by atoms with E-state index in [0.29, 0.717) is 6.54 Å². The van der Waals surface area contributed by atoms with Gasteiger partial charge in [0, 0.05) is 24.9 Å². The van der Waals surface area contributed by atoms with Gasteiger partial charge in [0.1, 0.15) is 0 Å². The number of nitrogens with one attached hydrogen (secondary N) is 2. The summed E-state index contributed by atoms with van der Waals surface area (Å²) in [5.74, 6) is 4.69. The fourth-order valence-electron chi connectivity index (χ4n) is 0.890. The van der Waals surface area contributed by atoms with Gasteiger partial charge in [-0.3, -0.25) is 4.79 Å². The monoisotopic (exact) mass is 177 g/mol. The molecule has 1 amide bonds. The Morgan fingerprint density at radius 2 is 2.62 bits per heavy atom. The summed E-state index contributed by atoms with van der Waals surface area (Å²) in [4.78, 5) is 17.7. The Labute approximate surface area is 76.8 Å². The zero-order chi connectivity index (χ0) is 9.52. The van der Waals surface area contributed by atoms with Crippen LogP contribution in [0.1, 0.15) is 12.6 Å². The minimum Gasteiger partial charge on any atom is -0.348 e. The molecule has 0 fully saturated rings. The minimum atomic E-state index is -0.234. The van der Waals surface area contributed by atoms with E-state index in [2.05, 4.69) is 27.1 Å². The minimum absolute atomic E-state index is 0.234. The van der Waals surface area contributed by atoms with E-state index in [9.17, 15) is 4.79 Å². The number of nitrogens with zero attached hydrogens (tertiary/aromatic N) is 1.